The number of rotatable bonds is 6. The van der Waals surface area contributed by atoms with Gasteiger partial charge in [0.2, 0.25) is 17.6 Å². The van der Waals surface area contributed by atoms with Crippen LogP contribution in [0.1, 0.15) is 23.4 Å². The van der Waals surface area contributed by atoms with E-state index in [0.29, 0.717) is 24.6 Å². The summed E-state index contributed by atoms with van der Waals surface area (Å²) < 4.78 is 5.32. The number of hydrogen-bond donors (Lipinski definition) is 1. The van der Waals surface area contributed by atoms with E-state index >= 15 is 0 Å². The fraction of sp³-hybridized carbons (Fsp3) is 0.348. The molecule has 0 bridgehead atoms. The number of nitrogens with one attached hydrogen (secondary N) is 1. The van der Waals surface area contributed by atoms with Gasteiger partial charge in [-0.3, -0.25) is 4.79 Å². The van der Waals surface area contributed by atoms with Crippen molar-refractivity contribution >= 4 is 5.91 Å². The number of carbonyl (C=O) groups is 1. The summed E-state index contributed by atoms with van der Waals surface area (Å²) in [6.07, 6.45) is 0.887. The number of amides is 1. The Labute approximate surface area is 171 Å². The molecule has 1 fully saturated rings. The second-order valence-electron chi connectivity index (χ2n) is 7.61. The van der Waals surface area contributed by atoms with Gasteiger partial charge in [-0.1, -0.05) is 59.8 Å². The predicted molar refractivity (Wildman–Crippen MR) is 110 cm³/mol. The SMILES string of the molecule is Cc1ccccc1C[NH+]1CCN(C(=O)CCc2nc(-c3ccccc3)no2)CC1. The highest BCUT2D eigenvalue weighted by molar-refractivity contribution is 5.76. The third-order valence-corrected chi connectivity index (χ3v) is 5.58. The highest BCUT2D eigenvalue weighted by Gasteiger charge is 2.24. The van der Waals surface area contributed by atoms with E-state index < -0.39 is 0 Å². The monoisotopic (exact) mass is 391 g/mol. The zero-order valence-corrected chi connectivity index (χ0v) is 16.8. The van der Waals surface area contributed by atoms with Gasteiger partial charge in [0, 0.05) is 24.0 Å². The van der Waals surface area contributed by atoms with Gasteiger partial charge in [0.05, 0.1) is 26.2 Å². The quantitative estimate of drug-likeness (QED) is 0.697. The summed E-state index contributed by atoms with van der Waals surface area (Å²) in [5, 5.41) is 4.02. The number of hydrogen-bond acceptors (Lipinski definition) is 4. The number of carbonyl (C=O) groups excluding carboxylic acids is 1. The summed E-state index contributed by atoms with van der Waals surface area (Å²) in [5.74, 6) is 1.25. The first kappa shape index (κ1) is 19.3. The number of benzene rings is 2. The van der Waals surface area contributed by atoms with E-state index in [4.69, 9.17) is 4.52 Å². The molecule has 0 atom stereocenters. The lowest BCUT2D eigenvalue weighted by atomic mass is 10.1. The van der Waals surface area contributed by atoms with Crippen molar-refractivity contribution in [3.05, 3.63) is 71.6 Å². The molecular weight excluding hydrogens is 364 g/mol. The Kier molecular flexibility index (Phi) is 6.00. The molecule has 1 amide bonds. The van der Waals surface area contributed by atoms with Gasteiger partial charge in [-0.15, -0.1) is 0 Å². The van der Waals surface area contributed by atoms with Crippen molar-refractivity contribution in [3.63, 3.8) is 0 Å². The molecule has 1 aliphatic rings. The molecular formula is C23H27N4O2+. The molecule has 1 N–H and O–H groups in total. The average molecular weight is 391 g/mol. The first-order chi connectivity index (χ1) is 14.2. The van der Waals surface area contributed by atoms with Crippen LogP contribution in [0.5, 0.6) is 0 Å². The third kappa shape index (κ3) is 4.90. The molecule has 1 aliphatic heterocycles. The molecule has 0 radical (unpaired) electrons. The molecule has 4 rings (SSSR count). The van der Waals surface area contributed by atoms with Crippen LogP contribution in [0.4, 0.5) is 0 Å². The van der Waals surface area contributed by atoms with E-state index in [1.807, 2.05) is 35.2 Å². The predicted octanol–water partition coefficient (Wildman–Crippen LogP) is 1.90. The van der Waals surface area contributed by atoms with Gasteiger partial charge in [0.15, 0.2) is 0 Å². The van der Waals surface area contributed by atoms with Gasteiger partial charge in [0.1, 0.15) is 6.54 Å². The molecule has 0 saturated carbocycles. The Balaban J connectivity index is 1.24. The first-order valence-corrected chi connectivity index (χ1v) is 10.2. The number of nitrogens with zero attached hydrogens (tertiary/aromatic N) is 3. The topological polar surface area (TPSA) is 63.7 Å². The summed E-state index contributed by atoms with van der Waals surface area (Å²) in [7, 11) is 0. The van der Waals surface area contributed by atoms with Crippen LogP contribution in [0.2, 0.25) is 0 Å². The van der Waals surface area contributed by atoms with Crippen molar-refractivity contribution in [2.45, 2.75) is 26.3 Å². The van der Waals surface area contributed by atoms with E-state index in [9.17, 15) is 4.79 Å². The van der Waals surface area contributed by atoms with Crippen LogP contribution in [-0.2, 0) is 17.8 Å². The number of aryl methyl sites for hydroxylation is 2. The molecule has 1 aromatic heterocycles. The highest BCUT2D eigenvalue weighted by Crippen LogP contribution is 2.15. The molecule has 6 nitrogen and oxygen atoms in total. The summed E-state index contributed by atoms with van der Waals surface area (Å²) >= 11 is 0. The summed E-state index contributed by atoms with van der Waals surface area (Å²) in [6.45, 7) is 6.77. The second-order valence-corrected chi connectivity index (χ2v) is 7.61. The van der Waals surface area contributed by atoms with Gasteiger partial charge >= 0.3 is 0 Å². The molecule has 6 heteroatoms. The van der Waals surface area contributed by atoms with Crippen molar-refractivity contribution in [2.24, 2.45) is 0 Å². The number of piperazine rings is 1. The van der Waals surface area contributed by atoms with Crippen LogP contribution in [-0.4, -0.2) is 47.1 Å². The highest BCUT2D eigenvalue weighted by atomic mass is 16.5. The molecule has 1 saturated heterocycles. The first-order valence-electron chi connectivity index (χ1n) is 10.2. The van der Waals surface area contributed by atoms with Gasteiger partial charge < -0.3 is 14.3 Å². The molecule has 2 heterocycles. The maximum atomic E-state index is 12.6. The minimum absolute atomic E-state index is 0.166. The molecule has 0 aliphatic carbocycles. The normalized spacial score (nSPS) is 14.9. The smallest absolute Gasteiger partial charge is 0.227 e. The largest absolute Gasteiger partial charge is 0.339 e. The maximum Gasteiger partial charge on any atom is 0.227 e. The Bertz CT molecular complexity index is 946. The van der Waals surface area contributed by atoms with Crippen molar-refractivity contribution in [3.8, 4) is 11.4 Å². The minimum atomic E-state index is 0.166. The molecule has 0 unspecified atom stereocenters. The van der Waals surface area contributed by atoms with E-state index in [0.717, 1.165) is 38.3 Å². The molecule has 3 aromatic rings. The van der Waals surface area contributed by atoms with Crippen molar-refractivity contribution < 1.29 is 14.2 Å². The lowest BCUT2D eigenvalue weighted by molar-refractivity contribution is -0.917. The fourth-order valence-electron chi connectivity index (χ4n) is 3.76. The van der Waals surface area contributed by atoms with Crippen molar-refractivity contribution in [1.82, 2.24) is 15.0 Å². The van der Waals surface area contributed by atoms with Crippen LogP contribution < -0.4 is 4.90 Å². The Hall–Kier alpha value is -2.99. The molecule has 150 valence electrons. The number of quaternary nitrogens is 1. The Morgan fingerprint density at radius 2 is 1.79 bits per heavy atom. The lowest BCUT2D eigenvalue weighted by Gasteiger charge is -2.32. The van der Waals surface area contributed by atoms with Crippen LogP contribution in [0.3, 0.4) is 0 Å². The van der Waals surface area contributed by atoms with Crippen LogP contribution in [0.15, 0.2) is 59.1 Å². The second kappa shape index (κ2) is 9.01. The number of aromatic nitrogens is 2. The lowest BCUT2D eigenvalue weighted by Crippen LogP contribution is -3.13. The summed E-state index contributed by atoms with van der Waals surface area (Å²) in [5.41, 5.74) is 3.66. The van der Waals surface area contributed by atoms with E-state index in [2.05, 4.69) is 41.3 Å². The fourth-order valence-corrected chi connectivity index (χ4v) is 3.76. The standard InChI is InChI=1S/C23H26N4O2/c1-18-7-5-6-10-20(18)17-26-13-15-27(16-14-26)22(28)12-11-21-24-23(25-29-21)19-8-3-2-4-9-19/h2-10H,11-17H2,1H3/p+1. The van der Waals surface area contributed by atoms with Crippen molar-refractivity contribution in [2.75, 3.05) is 26.2 Å². The average Bonchev–Trinajstić information content (AvgIpc) is 3.24. The van der Waals surface area contributed by atoms with Gasteiger partial charge in [-0.25, -0.2) is 0 Å². The third-order valence-electron chi connectivity index (χ3n) is 5.58. The van der Waals surface area contributed by atoms with Crippen LogP contribution in [0.25, 0.3) is 11.4 Å². The zero-order valence-electron chi connectivity index (χ0n) is 16.8. The zero-order chi connectivity index (χ0) is 20.1. The van der Waals surface area contributed by atoms with Gasteiger partial charge in [-0.05, 0) is 12.5 Å². The molecule has 29 heavy (non-hydrogen) atoms. The van der Waals surface area contributed by atoms with Gasteiger partial charge in [0.25, 0.3) is 0 Å². The van der Waals surface area contributed by atoms with Gasteiger partial charge in [-0.2, -0.15) is 4.98 Å². The Morgan fingerprint density at radius 3 is 2.55 bits per heavy atom. The molecule has 0 spiro atoms. The summed E-state index contributed by atoms with van der Waals surface area (Å²) in [6, 6.07) is 18.3. The van der Waals surface area contributed by atoms with Crippen molar-refractivity contribution in [1.29, 1.82) is 0 Å². The minimum Gasteiger partial charge on any atom is -0.339 e. The van der Waals surface area contributed by atoms with E-state index in [1.54, 1.807) is 0 Å². The molecule has 2 aromatic carbocycles. The summed E-state index contributed by atoms with van der Waals surface area (Å²) in [4.78, 5) is 20.5. The van der Waals surface area contributed by atoms with Crippen LogP contribution in [0, 0.1) is 6.92 Å². The van der Waals surface area contributed by atoms with Crippen LogP contribution >= 0.6 is 0 Å². The Morgan fingerprint density at radius 1 is 1.07 bits per heavy atom. The van der Waals surface area contributed by atoms with E-state index in [1.165, 1.54) is 16.0 Å². The maximum absolute atomic E-state index is 12.6. The van der Waals surface area contributed by atoms with E-state index in [-0.39, 0.29) is 5.91 Å².